The summed E-state index contributed by atoms with van der Waals surface area (Å²) in [6.45, 7) is 14.0. The fourth-order valence-electron chi connectivity index (χ4n) is 3.12. The molecule has 22 heavy (non-hydrogen) atoms. The zero-order valence-corrected chi connectivity index (χ0v) is 15.3. The molecule has 128 valence electrons. The SMILES string of the molecule is C[C@@H]1C[C@H](C)CN(C(=O)[C@@H](C)N(C)CC(=O)NC(C)(C)C)C1. The minimum Gasteiger partial charge on any atom is -0.350 e. The number of likely N-dealkylation sites (N-methyl/N-ethyl adjacent to an activating group) is 1. The van der Waals surface area contributed by atoms with Crippen LogP contribution >= 0.6 is 0 Å². The maximum Gasteiger partial charge on any atom is 0.239 e. The van der Waals surface area contributed by atoms with Crippen LogP contribution in [-0.2, 0) is 9.59 Å². The van der Waals surface area contributed by atoms with Crippen molar-refractivity contribution in [3.05, 3.63) is 0 Å². The summed E-state index contributed by atoms with van der Waals surface area (Å²) in [5, 5.41) is 2.93. The van der Waals surface area contributed by atoms with Crippen molar-refractivity contribution in [1.82, 2.24) is 15.1 Å². The van der Waals surface area contributed by atoms with E-state index in [1.165, 1.54) is 6.42 Å². The summed E-state index contributed by atoms with van der Waals surface area (Å²) in [6.07, 6.45) is 1.18. The molecule has 5 nitrogen and oxygen atoms in total. The molecular formula is C17H33N3O2. The first-order valence-corrected chi connectivity index (χ1v) is 8.29. The van der Waals surface area contributed by atoms with Crippen molar-refractivity contribution >= 4 is 11.8 Å². The summed E-state index contributed by atoms with van der Waals surface area (Å²) in [4.78, 5) is 28.4. The number of nitrogens with zero attached hydrogens (tertiary/aromatic N) is 2. The van der Waals surface area contributed by atoms with Gasteiger partial charge in [0.25, 0.3) is 0 Å². The standard InChI is InChI=1S/C17H33N3O2/c1-12-8-13(2)10-20(9-12)16(22)14(3)19(7)11-15(21)18-17(4,5)6/h12-14H,8-11H2,1-7H3,(H,18,21)/t12-,13+,14-/m1/s1. The van der Waals surface area contributed by atoms with E-state index in [0.29, 0.717) is 11.8 Å². The van der Waals surface area contributed by atoms with Gasteiger partial charge >= 0.3 is 0 Å². The predicted molar refractivity (Wildman–Crippen MR) is 89.5 cm³/mol. The number of carbonyl (C=O) groups is 2. The minimum absolute atomic E-state index is 0.0463. The van der Waals surface area contributed by atoms with Gasteiger partial charge in [-0.1, -0.05) is 13.8 Å². The maximum atomic E-state index is 12.6. The first kappa shape index (κ1) is 18.9. The summed E-state index contributed by atoms with van der Waals surface area (Å²) in [7, 11) is 1.83. The largest absolute Gasteiger partial charge is 0.350 e. The van der Waals surface area contributed by atoms with Crippen molar-refractivity contribution in [2.24, 2.45) is 11.8 Å². The number of piperidine rings is 1. The summed E-state index contributed by atoms with van der Waals surface area (Å²) >= 11 is 0. The highest BCUT2D eigenvalue weighted by Crippen LogP contribution is 2.22. The van der Waals surface area contributed by atoms with E-state index in [1.54, 1.807) is 0 Å². The van der Waals surface area contributed by atoms with Crippen LogP contribution in [0, 0.1) is 11.8 Å². The summed E-state index contributed by atoms with van der Waals surface area (Å²) in [5.74, 6) is 1.18. The Balaban J connectivity index is 2.56. The van der Waals surface area contributed by atoms with Crippen molar-refractivity contribution in [3.63, 3.8) is 0 Å². The van der Waals surface area contributed by atoms with Crippen LogP contribution in [0.3, 0.4) is 0 Å². The normalized spacial score (nSPS) is 24.3. The molecule has 1 saturated heterocycles. The highest BCUT2D eigenvalue weighted by atomic mass is 16.2. The number of carbonyl (C=O) groups excluding carboxylic acids is 2. The van der Waals surface area contributed by atoms with Crippen LogP contribution < -0.4 is 5.32 Å². The van der Waals surface area contributed by atoms with Crippen molar-refractivity contribution in [1.29, 1.82) is 0 Å². The van der Waals surface area contributed by atoms with Gasteiger partial charge in [-0.05, 0) is 53.0 Å². The Labute approximate surface area is 135 Å². The minimum atomic E-state index is -0.275. The van der Waals surface area contributed by atoms with Gasteiger partial charge in [0, 0.05) is 18.6 Å². The van der Waals surface area contributed by atoms with E-state index in [2.05, 4.69) is 19.2 Å². The number of likely N-dealkylation sites (tertiary alicyclic amines) is 1. The number of hydrogen-bond acceptors (Lipinski definition) is 3. The molecule has 0 bridgehead atoms. The molecule has 0 radical (unpaired) electrons. The molecule has 1 fully saturated rings. The fraction of sp³-hybridized carbons (Fsp3) is 0.882. The number of nitrogens with one attached hydrogen (secondary N) is 1. The zero-order valence-electron chi connectivity index (χ0n) is 15.3. The van der Waals surface area contributed by atoms with E-state index < -0.39 is 0 Å². The molecule has 1 N–H and O–H groups in total. The Bertz CT molecular complexity index is 393. The molecule has 2 amide bonds. The fourth-order valence-corrected chi connectivity index (χ4v) is 3.12. The number of rotatable bonds is 4. The Morgan fingerprint density at radius 2 is 1.73 bits per heavy atom. The Morgan fingerprint density at radius 3 is 2.18 bits per heavy atom. The van der Waals surface area contributed by atoms with Crippen molar-refractivity contribution < 1.29 is 9.59 Å². The molecule has 0 aliphatic carbocycles. The first-order valence-electron chi connectivity index (χ1n) is 8.29. The van der Waals surface area contributed by atoms with E-state index in [9.17, 15) is 9.59 Å². The van der Waals surface area contributed by atoms with E-state index >= 15 is 0 Å². The highest BCUT2D eigenvalue weighted by molar-refractivity contribution is 5.83. The van der Waals surface area contributed by atoms with Gasteiger partial charge in [0.05, 0.1) is 12.6 Å². The van der Waals surface area contributed by atoms with Gasteiger partial charge in [0.2, 0.25) is 11.8 Å². The average molecular weight is 311 g/mol. The van der Waals surface area contributed by atoms with Crippen LogP contribution in [0.2, 0.25) is 0 Å². The molecule has 0 saturated carbocycles. The van der Waals surface area contributed by atoms with Gasteiger partial charge in [-0.2, -0.15) is 0 Å². The third-order valence-electron chi connectivity index (χ3n) is 4.11. The molecule has 1 aliphatic rings. The summed E-state index contributed by atoms with van der Waals surface area (Å²) in [5.41, 5.74) is -0.247. The van der Waals surface area contributed by atoms with Crippen LogP contribution in [0.1, 0.15) is 48.0 Å². The first-order chi connectivity index (χ1) is 9.99. The van der Waals surface area contributed by atoms with Crippen LogP contribution in [0.4, 0.5) is 0 Å². The van der Waals surface area contributed by atoms with E-state index in [4.69, 9.17) is 0 Å². The van der Waals surface area contributed by atoms with Crippen LogP contribution in [-0.4, -0.2) is 59.9 Å². The second kappa shape index (κ2) is 7.44. The quantitative estimate of drug-likeness (QED) is 0.860. The second-order valence-electron chi connectivity index (χ2n) is 8.08. The lowest BCUT2D eigenvalue weighted by Crippen LogP contribution is -2.53. The molecule has 0 spiro atoms. The molecule has 0 aromatic rings. The van der Waals surface area contributed by atoms with E-state index in [-0.39, 0.29) is 29.9 Å². The molecule has 1 heterocycles. The van der Waals surface area contributed by atoms with Gasteiger partial charge in [0.15, 0.2) is 0 Å². The van der Waals surface area contributed by atoms with Crippen LogP contribution in [0.5, 0.6) is 0 Å². The Kier molecular flexibility index (Phi) is 6.41. The van der Waals surface area contributed by atoms with Gasteiger partial charge < -0.3 is 10.2 Å². The molecular weight excluding hydrogens is 278 g/mol. The molecule has 0 aromatic carbocycles. The van der Waals surface area contributed by atoms with Gasteiger partial charge in [0.1, 0.15) is 0 Å². The van der Waals surface area contributed by atoms with E-state index in [1.807, 2.05) is 44.5 Å². The Hall–Kier alpha value is -1.10. The molecule has 3 atom stereocenters. The lowest BCUT2D eigenvalue weighted by Gasteiger charge is -2.38. The monoisotopic (exact) mass is 311 g/mol. The predicted octanol–water partition coefficient (Wildman–Crippen LogP) is 1.73. The second-order valence-corrected chi connectivity index (χ2v) is 8.08. The van der Waals surface area contributed by atoms with Gasteiger partial charge in [-0.15, -0.1) is 0 Å². The molecule has 1 rings (SSSR count). The maximum absolute atomic E-state index is 12.6. The van der Waals surface area contributed by atoms with Crippen molar-refractivity contribution in [2.45, 2.75) is 59.5 Å². The molecule has 0 unspecified atom stereocenters. The molecule has 0 aromatic heterocycles. The molecule has 5 heteroatoms. The lowest BCUT2D eigenvalue weighted by atomic mass is 9.91. The lowest BCUT2D eigenvalue weighted by molar-refractivity contribution is -0.139. The van der Waals surface area contributed by atoms with Crippen molar-refractivity contribution in [3.8, 4) is 0 Å². The van der Waals surface area contributed by atoms with Gasteiger partial charge in [-0.25, -0.2) is 0 Å². The third kappa shape index (κ3) is 5.95. The summed E-state index contributed by atoms with van der Waals surface area (Å²) in [6, 6.07) is -0.275. The smallest absolute Gasteiger partial charge is 0.239 e. The van der Waals surface area contributed by atoms with Crippen molar-refractivity contribution in [2.75, 3.05) is 26.7 Å². The number of amides is 2. The van der Waals surface area contributed by atoms with Gasteiger partial charge in [-0.3, -0.25) is 14.5 Å². The van der Waals surface area contributed by atoms with E-state index in [0.717, 1.165) is 13.1 Å². The van der Waals surface area contributed by atoms with Crippen LogP contribution in [0.15, 0.2) is 0 Å². The topological polar surface area (TPSA) is 52.7 Å². The molecule has 1 aliphatic heterocycles. The third-order valence-corrected chi connectivity index (χ3v) is 4.11. The zero-order chi connectivity index (χ0) is 17.1. The highest BCUT2D eigenvalue weighted by Gasteiger charge is 2.30. The summed E-state index contributed by atoms with van der Waals surface area (Å²) < 4.78 is 0. The number of hydrogen-bond donors (Lipinski definition) is 1. The van der Waals surface area contributed by atoms with Crippen LogP contribution in [0.25, 0.3) is 0 Å². The average Bonchev–Trinajstić information content (AvgIpc) is 2.33. The Morgan fingerprint density at radius 1 is 1.23 bits per heavy atom.